The van der Waals surface area contributed by atoms with Crippen molar-refractivity contribution in [3.63, 3.8) is 0 Å². The van der Waals surface area contributed by atoms with Crippen molar-refractivity contribution in [2.24, 2.45) is 0 Å². The molecular formula is C18H31ClF3N. The van der Waals surface area contributed by atoms with E-state index in [1.165, 1.54) is 37.8 Å². The van der Waals surface area contributed by atoms with Crippen LogP contribution in [-0.4, -0.2) is 12.6 Å². The molecule has 1 N–H and O–H groups in total. The van der Waals surface area contributed by atoms with Gasteiger partial charge in [-0.2, -0.15) is 13.2 Å². The molecule has 23 heavy (non-hydrogen) atoms. The third kappa shape index (κ3) is 12.4. The molecule has 0 heterocycles. The minimum atomic E-state index is -4.25. The van der Waals surface area contributed by atoms with Crippen molar-refractivity contribution in [3.05, 3.63) is 35.4 Å². The lowest BCUT2D eigenvalue weighted by molar-refractivity contribution is -0.137. The average Bonchev–Trinajstić information content (AvgIpc) is 2.45. The molecule has 5 heteroatoms. The lowest BCUT2D eigenvalue weighted by Gasteiger charge is -2.13. The van der Waals surface area contributed by atoms with E-state index < -0.39 is 11.7 Å². The van der Waals surface area contributed by atoms with Gasteiger partial charge in [0, 0.05) is 6.04 Å². The maximum atomic E-state index is 12.4. The number of benzene rings is 1. The molecule has 0 aliphatic rings. The summed E-state index contributed by atoms with van der Waals surface area (Å²) in [5.74, 6) is 0. The van der Waals surface area contributed by atoms with E-state index in [0.29, 0.717) is 12.0 Å². The Bertz CT molecular complexity index is 390. The standard InChI is InChI=1S/C12H16F3N.C6H14.ClH/c1-3-16-9(2)7-10-5-4-6-11(8-10)12(13,14)15;1-3-5-6-4-2;/h4-6,8-9,16H,3,7H2,1-2H3;3-6H2,1-2H3;1H. The number of likely N-dealkylation sites (N-methyl/N-ethyl adjacent to an activating group) is 1. The van der Waals surface area contributed by atoms with Crippen LogP contribution in [0, 0.1) is 0 Å². The monoisotopic (exact) mass is 353 g/mol. The lowest BCUT2D eigenvalue weighted by Crippen LogP contribution is -2.27. The van der Waals surface area contributed by atoms with Crippen LogP contribution in [0.2, 0.25) is 0 Å². The molecule has 1 nitrogen and oxygen atoms in total. The molecule has 0 aliphatic carbocycles. The van der Waals surface area contributed by atoms with Crippen LogP contribution < -0.4 is 5.32 Å². The summed E-state index contributed by atoms with van der Waals surface area (Å²) in [5.41, 5.74) is 0.136. The Hall–Kier alpha value is -0.740. The number of hydrogen-bond donors (Lipinski definition) is 1. The fourth-order valence-electron chi connectivity index (χ4n) is 2.15. The number of nitrogens with one attached hydrogen (secondary N) is 1. The van der Waals surface area contributed by atoms with Crippen molar-refractivity contribution in [2.45, 2.75) is 72.0 Å². The first-order valence-electron chi connectivity index (χ1n) is 8.24. The van der Waals surface area contributed by atoms with Crippen molar-refractivity contribution >= 4 is 12.4 Å². The number of rotatable bonds is 7. The molecule has 1 atom stereocenters. The van der Waals surface area contributed by atoms with Crippen LogP contribution in [0.1, 0.15) is 64.5 Å². The first-order valence-corrected chi connectivity index (χ1v) is 8.24. The van der Waals surface area contributed by atoms with E-state index in [4.69, 9.17) is 0 Å². The number of hydrogen-bond acceptors (Lipinski definition) is 1. The summed E-state index contributed by atoms with van der Waals surface area (Å²) in [4.78, 5) is 0. The molecule has 1 rings (SSSR count). The molecule has 0 bridgehead atoms. The van der Waals surface area contributed by atoms with Crippen LogP contribution in [-0.2, 0) is 12.6 Å². The molecule has 0 aliphatic heterocycles. The third-order valence-electron chi connectivity index (χ3n) is 3.31. The highest BCUT2D eigenvalue weighted by molar-refractivity contribution is 5.85. The molecule has 1 unspecified atom stereocenters. The maximum Gasteiger partial charge on any atom is 0.416 e. The van der Waals surface area contributed by atoms with Gasteiger partial charge >= 0.3 is 6.18 Å². The fraction of sp³-hybridized carbons (Fsp3) is 0.667. The summed E-state index contributed by atoms with van der Waals surface area (Å²) in [5, 5.41) is 3.17. The topological polar surface area (TPSA) is 12.0 Å². The van der Waals surface area contributed by atoms with Gasteiger partial charge in [-0.15, -0.1) is 12.4 Å². The average molecular weight is 354 g/mol. The predicted molar refractivity (Wildman–Crippen MR) is 95.4 cm³/mol. The second-order valence-corrected chi connectivity index (χ2v) is 5.57. The zero-order valence-electron chi connectivity index (χ0n) is 14.7. The molecular weight excluding hydrogens is 323 g/mol. The van der Waals surface area contributed by atoms with Gasteiger partial charge in [0.05, 0.1) is 5.56 Å². The van der Waals surface area contributed by atoms with E-state index in [9.17, 15) is 13.2 Å². The molecule has 0 radical (unpaired) electrons. The van der Waals surface area contributed by atoms with Crippen molar-refractivity contribution in [2.75, 3.05) is 6.54 Å². The zero-order chi connectivity index (χ0) is 17.0. The summed E-state index contributed by atoms with van der Waals surface area (Å²) in [7, 11) is 0. The molecule has 136 valence electrons. The second kappa shape index (κ2) is 13.7. The summed E-state index contributed by atoms with van der Waals surface area (Å²) in [6.45, 7) is 9.22. The Morgan fingerprint density at radius 3 is 2.04 bits per heavy atom. The van der Waals surface area contributed by atoms with Crippen molar-refractivity contribution in [1.29, 1.82) is 0 Å². The molecule has 0 spiro atoms. The summed E-state index contributed by atoms with van der Waals surface area (Å²) in [6, 6.07) is 5.68. The Morgan fingerprint density at radius 1 is 1.04 bits per heavy atom. The highest BCUT2D eigenvalue weighted by Gasteiger charge is 2.30. The first kappa shape index (κ1) is 24.5. The molecule has 0 fully saturated rings. The summed E-state index contributed by atoms with van der Waals surface area (Å²) < 4.78 is 37.3. The third-order valence-corrected chi connectivity index (χ3v) is 3.31. The van der Waals surface area contributed by atoms with Crippen LogP contribution in [0.4, 0.5) is 13.2 Å². The molecule has 1 aromatic carbocycles. The van der Waals surface area contributed by atoms with Gasteiger partial charge in [-0.05, 0) is 31.5 Å². The first-order chi connectivity index (χ1) is 10.3. The minimum absolute atomic E-state index is 0. The van der Waals surface area contributed by atoms with Crippen LogP contribution in [0.15, 0.2) is 24.3 Å². The van der Waals surface area contributed by atoms with Crippen molar-refractivity contribution in [3.8, 4) is 0 Å². The van der Waals surface area contributed by atoms with Gasteiger partial charge in [-0.1, -0.05) is 64.7 Å². The fourth-order valence-corrected chi connectivity index (χ4v) is 2.15. The number of unbranched alkanes of at least 4 members (excludes halogenated alkanes) is 3. The number of alkyl halides is 3. The van der Waals surface area contributed by atoms with Crippen LogP contribution in [0.25, 0.3) is 0 Å². The van der Waals surface area contributed by atoms with E-state index in [2.05, 4.69) is 19.2 Å². The van der Waals surface area contributed by atoms with Crippen molar-refractivity contribution < 1.29 is 13.2 Å². The molecule has 0 saturated heterocycles. The Balaban J connectivity index is 0. The lowest BCUT2D eigenvalue weighted by atomic mass is 10.0. The Labute approximate surface area is 145 Å². The van der Waals surface area contributed by atoms with Crippen LogP contribution in [0.3, 0.4) is 0 Å². The van der Waals surface area contributed by atoms with E-state index in [0.717, 1.165) is 12.6 Å². The van der Waals surface area contributed by atoms with Crippen LogP contribution in [0.5, 0.6) is 0 Å². The summed E-state index contributed by atoms with van der Waals surface area (Å²) in [6.07, 6.45) is 1.89. The Kier molecular flexibility index (Phi) is 14.6. The van der Waals surface area contributed by atoms with Gasteiger partial charge in [0.15, 0.2) is 0 Å². The van der Waals surface area contributed by atoms with Gasteiger partial charge in [0.1, 0.15) is 0 Å². The Morgan fingerprint density at radius 2 is 1.61 bits per heavy atom. The van der Waals surface area contributed by atoms with Crippen molar-refractivity contribution in [1.82, 2.24) is 5.32 Å². The highest BCUT2D eigenvalue weighted by Crippen LogP contribution is 2.29. The second-order valence-electron chi connectivity index (χ2n) is 5.57. The highest BCUT2D eigenvalue weighted by atomic mass is 35.5. The van der Waals surface area contributed by atoms with E-state index in [-0.39, 0.29) is 18.4 Å². The van der Waals surface area contributed by atoms with E-state index >= 15 is 0 Å². The summed E-state index contributed by atoms with van der Waals surface area (Å²) >= 11 is 0. The van der Waals surface area contributed by atoms with Gasteiger partial charge in [0.25, 0.3) is 0 Å². The van der Waals surface area contributed by atoms with Gasteiger partial charge in [-0.3, -0.25) is 0 Å². The smallest absolute Gasteiger partial charge is 0.314 e. The zero-order valence-corrected chi connectivity index (χ0v) is 15.5. The number of halogens is 4. The SMILES string of the molecule is CCCCCC.CCNC(C)Cc1cccc(C(F)(F)F)c1.Cl. The maximum absolute atomic E-state index is 12.4. The van der Waals surface area contributed by atoms with Crippen LogP contribution >= 0.6 is 12.4 Å². The van der Waals surface area contributed by atoms with E-state index in [1.54, 1.807) is 6.07 Å². The van der Waals surface area contributed by atoms with Gasteiger partial charge in [0.2, 0.25) is 0 Å². The van der Waals surface area contributed by atoms with E-state index in [1.807, 2.05) is 13.8 Å². The molecule has 1 aromatic rings. The molecule has 0 aromatic heterocycles. The molecule has 0 amide bonds. The predicted octanol–water partition coefficient (Wildman–Crippen LogP) is 6.25. The largest absolute Gasteiger partial charge is 0.416 e. The van der Waals surface area contributed by atoms with Gasteiger partial charge < -0.3 is 5.32 Å². The quantitative estimate of drug-likeness (QED) is 0.571. The molecule has 0 saturated carbocycles. The van der Waals surface area contributed by atoms with Gasteiger partial charge in [-0.25, -0.2) is 0 Å². The normalized spacial score (nSPS) is 12.0. The minimum Gasteiger partial charge on any atom is -0.314 e.